The summed E-state index contributed by atoms with van der Waals surface area (Å²) in [6.45, 7) is 3.89. The van der Waals surface area contributed by atoms with Crippen LogP contribution in [0.3, 0.4) is 0 Å². The Bertz CT molecular complexity index is 760. The van der Waals surface area contributed by atoms with E-state index in [1.807, 2.05) is 0 Å². The summed E-state index contributed by atoms with van der Waals surface area (Å²) in [6.07, 6.45) is 5.65. The summed E-state index contributed by atoms with van der Waals surface area (Å²) in [7, 11) is 1.28. The van der Waals surface area contributed by atoms with Gasteiger partial charge in [0.25, 0.3) is 0 Å². The van der Waals surface area contributed by atoms with Crippen LogP contribution >= 0.6 is 0 Å². The van der Waals surface area contributed by atoms with Crippen LogP contribution in [-0.2, 0) is 23.9 Å². The van der Waals surface area contributed by atoms with Crippen molar-refractivity contribution in [3.8, 4) is 0 Å². The first-order chi connectivity index (χ1) is 14.4. The molecule has 164 valence electrons. The number of likely N-dealkylation sites (tertiary alicyclic amines) is 1. The van der Waals surface area contributed by atoms with Gasteiger partial charge in [0.2, 0.25) is 11.8 Å². The number of nitrogens with one attached hydrogen (secondary N) is 2. The molecule has 3 amide bonds. The van der Waals surface area contributed by atoms with Gasteiger partial charge in [-0.15, -0.1) is 6.58 Å². The van der Waals surface area contributed by atoms with Crippen LogP contribution in [0, 0.1) is 17.8 Å². The molecule has 9 heteroatoms. The lowest BCUT2D eigenvalue weighted by Gasteiger charge is -2.26. The molecule has 0 spiro atoms. The topological polar surface area (TPSA) is 114 Å². The van der Waals surface area contributed by atoms with E-state index in [0.29, 0.717) is 37.6 Å². The minimum atomic E-state index is -1.09. The Labute approximate surface area is 175 Å². The smallest absolute Gasteiger partial charge is 0.407 e. The monoisotopic (exact) mass is 419 g/mol. The maximum Gasteiger partial charge on any atom is 0.407 e. The highest BCUT2D eigenvalue weighted by atomic mass is 16.6. The molecule has 4 fully saturated rings. The zero-order valence-corrected chi connectivity index (χ0v) is 17.2. The zero-order valence-electron chi connectivity index (χ0n) is 17.2. The highest BCUT2D eigenvalue weighted by Crippen LogP contribution is 2.52. The third-order valence-electron chi connectivity index (χ3n) is 6.93. The Balaban J connectivity index is 1.27. The summed E-state index contributed by atoms with van der Waals surface area (Å²) < 4.78 is 10.2. The number of amides is 3. The molecule has 1 aliphatic heterocycles. The lowest BCUT2D eigenvalue weighted by Crippen LogP contribution is -2.54. The van der Waals surface area contributed by atoms with Crippen LogP contribution in [0.2, 0.25) is 0 Å². The summed E-state index contributed by atoms with van der Waals surface area (Å²) >= 11 is 0. The largest absolute Gasteiger partial charge is 0.467 e. The molecule has 2 N–H and O–H groups in total. The number of nitrogens with zero attached hydrogens (tertiary/aromatic N) is 1. The third-order valence-corrected chi connectivity index (χ3v) is 6.93. The molecule has 0 radical (unpaired) electrons. The van der Waals surface area contributed by atoms with Gasteiger partial charge in [-0.05, 0) is 50.4 Å². The summed E-state index contributed by atoms with van der Waals surface area (Å²) in [6, 6.07) is -0.676. The average Bonchev–Trinajstić information content (AvgIpc) is 3.50. The Morgan fingerprint density at radius 2 is 1.93 bits per heavy atom. The van der Waals surface area contributed by atoms with Gasteiger partial charge in [0.15, 0.2) is 0 Å². The molecule has 3 aliphatic carbocycles. The van der Waals surface area contributed by atoms with Crippen LogP contribution in [0.25, 0.3) is 0 Å². The molecule has 0 aromatic rings. The SMILES string of the molecule is C=C[C@@H]1CC1(NC(=O)[C@@H]1CCCN1C(=O)CNC(=O)OC1C[C@@H]2C[C@@H]2C1)C(=O)OC. The van der Waals surface area contributed by atoms with Crippen LogP contribution in [0.4, 0.5) is 4.79 Å². The average molecular weight is 419 g/mol. The number of ether oxygens (including phenoxy) is 2. The minimum absolute atomic E-state index is 0.0555. The lowest BCUT2D eigenvalue weighted by molar-refractivity contribution is -0.148. The number of carbonyl (C=O) groups is 4. The van der Waals surface area contributed by atoms with Crippen LogP contribution < -0.4 is 10.6 Å². The van der Waals surface area contributed by atoms with Crippen LogP contribution in [0.5, 0.6) is 0 Å². The predicted molar refractivity (Wildman–Crippen MR) is 105 cm³/mol. The summed E-state index contributed by atoms with van der Waals surface area (Å²) in [5.41, 5.74) is -1.09. The van der Waals surface area contributed by atoms with Crippen molar-refractivity contribution in [2.75, 3.05) is 20.2 Å². The van der Waals surface area contributed by atoms with Crippen molar-refractivity contribution in [2.45, 2.75) is 56.2 Å². The Morgan fingerprint density at radius 1 is 1.20 bits per heavy atom. The van der Waals surface area contributed by atoms with Gasteiger partial charge in [0, 0.05) is 12.5 Å². The summed E-state index contributed by atoms with van der Waals surface area (Å²) in [5.74, 6) is -0.0176. The second-order valence-corrected chi connectivity index (χ2v) is 8.85. The van der Waals surface area contributed by atoms with Gasteiger partial charge in [0.1, 0.15) is 24.2 Å². The van der Waals surface area contributed by atoms with Gasteiger partial charge in [-0.1, -0.05) is 6.08 Å². The van der Waals surface area contributed by atoms with E-state index in [9.17, 15) is 19.2 Å². The fourth-order valence-electron chi connectivity index (χ4n) is 5.02. The third kappa shape index (κ3) is 3.89. The van der Waals surface area contributed by atoms with E-state index < -0.39 is 23.6 Å². The number of methoxy groups -OCH3 is 1. The van der Waals surface area contributed by atoms with Crippen LogP contribution in [0.1, 0.15) is 38.5 Å². The number of hydrogen-bond donors (Lipinski definition) is 2. The van der Waals surface area contributed by atoms with E-state index in [1.54, 1.807) is 6.08 Å². The maximum atomic E-state index is 12.8. The van der Waals surface area contributed by atoms with Gasteiger partial charge >= 0.3 is 12.1 Å². The highest BCUT2D eigenvalue weighted by Gasteiger charge is 2.61. The number of rotatable bonds is 7. The molecule has 9 nitrogen and oxygen atoms in total. The van der Waals surface area contributed by atoms with Crippen molar-refractivity contribution in [3.05, 3.63) is 12.7 Å². The molecule has 0 aromatic carbocycles. The molecule has 4 rings (SSSR count). The quantitative estimate of drug-likeness (QED) is 0.465. The lowest BCUT2D eigenvalue weighted by atomic mass is 10.1. The first-order valence-electron chi connectivity index (χ1n) is 10.6. The molecule has 1 saturated heterocycles. The normalized spacial score (nSPS) is 35.8. The summed E-state index contributed by atoms with van der Waals surface area (Å²) in [5, 5.41) is 5.28. The molecule has 0 aromatic heterocycles. The van der Waals surface area contributed by atoms with Crippen LogP contribution in [-0.4, -0.2) is 66.7 Å². The van der Waals surface area contributed by atoms with Gasteiger partial charge < -0.3 is 25.0 Å². The molecule has 6 atom stereocenters. The van der Waals surface area contributed by atoms with Gasteiger partial charge in [-0.3, -0.25) is 9.59 Å². The number of hydrogen-bond acceptors (Lipinski definition) is 6. The van der Waals surface area contributed by atoms with Gasteiger partial charge in [0.05, 0.1) is 7.11 Å². The van der Waals surface area contributed by atoms with Crippen molar-refractivity contribution < 1.29 is 28.7 Å². The first-order valence-corrected chi connectivity index (χ1v) is 10.6. The molecule has 0 bridgehead atoms. The van der Waals surface area contributed by atoms with E-state index in [4.69, 9.17) is 9.47 Å². The molecule has 30 heavy (non-hydrogen) atoms. The predicted octanol–water partition coefficient (Wildman–Crippen LogP) is 0.736. The Kier molecular flexibility index (Phi) is 5.46. The molecule has 2 unspecified atom stereocenters. The second-order valence-electron chi connectivity index (χ2n) is 8.85. The van der Waals surface area contributed by atoms with E-state index in [0.717, 1.165) is 12.8 Å². The first kappa shape index (κ1) is 20.7. The fraction of sp³-hybridized carbons (Fsp3) is 0.714. The second kappa shape index (κ2) is 7.92. The maximum absolute atomic E-state index is 12.8. The van der Waals surface area contributed by atoms with Crippen molar-refractivity contribution in [3.63, 3.8) is 0 Å². The van der Waals surface area contributed by atoms with Gasteiger partial charge in [-0.2, -0.15) is 0 Å². The fourth-order valence-corrected chi connectivity index (χ4v) is 5.02. The highest BCUT2D eigenvalue weighted by molar-refractivity contribution is 5.95. The number of carbonyl (C=O) groups excluding carboxylic acids is 4. The minimum Gasteiger partial charge on any atom is -0.467 e. The number of fused-ring (bicyclic) bond motifs is 1. The van der Waals surface area contributed by atoms with E-state index >= 15 is 0 Å². The molecular weight excluding hydrogens is 390 g/mol. The standard InChI is InChI=1S/C21H29N3O6/c1-3-14-10-21(14,19(27)29-2)23-18(26)16-5-4-6-24(16)17(25)11-22-20(28)30-15-8-12-7-13(12)9-15/h3,12-16H,1,4-11H2,2H3,(H,22,28)(H,23,26)/t12-,13+,14-,15?,16+,21?/m1/s1. The van der Waals surface area contributed by atoms with Crippen LogP contribution in [0.15, 0.2) is 12.7 Å². The van der Waals surface area contributed by atoms with E-state index in [-0.39, 0.29) is 30.4 Å². The molecule has 3 saturated carbocycles. The van der Waals surface area contributed by atoms with Crippen molar-refractivity contribution in [1.82, 2.24) is 15.5 Å². The molecular formula is C21H29N3O6. The molecule has 4 aliphatic rings. The summed E-state index contributed by atoms with van der Waals surface area (Å²) in [4.78, 5) is 51.0. The van der Waals surface area contributed by atoms with Crippen molar-refractivity contribution >= 4 is 23.9 Å². The van der Waals surface area contributed by atoms with Crippen molar-refractivity contribution in [2.24, 2.45) is 17.8 Å². The zero-order chi connectivity index (χ0) is 21.5. The number of alkyl carbamates (subject to hydrolysis) is 1. The number of esters is 1. The van der Waals surface area contributed by atoms with E-state index in [2.05, 4.69) is 17.2 Å². The Hall–Kier alpha value is -2.58. The molecule has 1 heterocycles. The van der Waals surface area contributed by atoms with E-state index in [1.165, 1.54) is 18.4 Å². The van der Waals surface area contributed by atoms with Crippen molar-refractivity contribution in [1.29, 1.82) is 0 Å². The Morgan fingerprint density at radius 3 is 2.57 bits per heavy atom. The van der Waals surface area contributed by atoms with Gasteiger partial charge in [-0.25, -0.2) is 9.59 Å².